The summed E-state index contributed by atoms with van der Waals surface area (Å²) >= 11 is 0. The third kappa shape index (κ3) is 2.85. The van der Waals surface area contributed by atoms with E-state index in [1.165, 1.54) is 0 Å². The van der Waals surface area contributed by atoms with Crippen molar-refractivity contribution in [2.24, 2.45) is 0 Å². The van der Waals surface area contributed by atoms with Gasteiger partial charge in [0.2, 0.25) is 11.7 Å². The molecule has 0 bridgehead atoms. The molecule has 0 saturated heterocycles. The standard InChI is InChI=1S/C21H17N7O/c1-12-7-9-14(10-8-12)19-22-18(20-24-26-27-25-20)15-11-17(29)28(21(15)23-19)16-6-4-3-5-13(16)2/h3-10H,11H2,1-2H3,(H,24,25,26,27). The fraction of sp³-hybridized carbons (Fsp3) is 0.143. The molecule has 1 N–H and O–H groups in total. The van der Waals surface area contributed by atoms with E-state index in [2.05, 4.69) is 20.6 Å². The first-order valence-corrected chi connectivity index (χ1v) is 9.22. The Bertz CT molecular complexity index is 1220. The molecule has 4 aromatic rings. The second-order valence-electron chi connectivity index (χ2n) is 6.99. The zero-order chi connectivity index (χ0) is 20.0. The number of benzene rings is 2. The zero-order valence-electron chi connectivity index (χ0n) is 15.9. The van der Waals surface area contributed by atoms with Crippen LogP contribution in [0.1, 0.15) is 16.7 Å². The minimum absolute atomic E-state index is 0.0607. The molecule has 2 aromatic carbocycles. The number of nitrogens with one attached hydrogen (secondary N) is 1. The molecule has 1 aliphatic heterocycles. The van der Waals surface area contributed by atoms with Gasteiger partial charge in [-0.05, 0) is 30.7 Å². The lowest BCUT2D eigenvalue weighted by molar-refractivity contribution is -0.116. The van der Waals surface area contributed by atoms with E-state index < -0.39 is 0 Å². The van der Waals surface area contributed by atoms with Gasteiger partial charge in [0.15, 0.2) is 5.82 Å². The molecule has 8 heteroatoms. The number of aromatic nitrogens is 6. The molecular weight excluding hydrogens is 366 g/mol. The number of tetrazole rings is 1. The number of hydrogen-bond acceptors (Lipinski definition) is 6. The van der Waals surface area contributed by atoms with Crippen LogP contribution >= 0.6 is 0 Å². The largest absolute Gasteiger partial charge is 0.274 e. The number of hydrogen-bond donors (Lipinski definition) is 1. The van der Waals surface area contributed by atoms with Crippen molar-refractivity contribution in [3.05, 3.63) is 65.2 Å². The van der Waals surface area contributed by atoms with Crippen LogP contribution in [0.15, 0.2) is 48.5 Å². The Labute approximate surface area is 166 Å². The van der Waals surface area contributed by atoms with Gasteiger partial charge in [-0.2, -0.15) is 5.21 Å². The van der Waals surface area contributed by atoms with Crippen LogP contribution in [0.2, 0.25) is 0 Å². The molecule has 3 heterocycles. The molecule has 0 fully saturated rings. The Kier molecular flexibility index (Phi) is 3.90. The van der Waals surface area contributed by atoms with Crippen LogP contribution in [0.25, 0.3) is 22.9 Å². The van der Waals surface area contributed by atoms with Gasteiger partial charge in [-0.15, -0.1) is 10.2 Å². The number of aryl methyl sites for hydroxylation is 2. The van der Waals surface area contributed by atoms with E-state index in [4.69, 9.17) is 9.97 Å². The van der Waals surface area contributed by atoms with E-state index in [0.29, 0.717) is 28.7 Å². The fourth-order valence-corrected chi connectivity index (χ4v) is 3.51. The molecule has 8 nitrogen and oxygen atoms in total. The van der Waals surface area contributed by atoms with Gasteiger partial charge >= 0.3 is 0 Å². The average molecular weight is 383 g/mol. The molecule has 1 aliphatic rings. The smallest absolute Gasteiger partial charge is 0.237 e. The van der Waals surface area contributed by atoms with Crippen LogP contribution in [0.3, 0.4) is 0 Å². The summed E-state index contributed by atoms with van der Waals surface area (Å²) in [5.41, 5.74) is 5.02. The molecule has 0 atom stereocenters. The highest BCUT2D eigenvalue weighted by molar-refractivity contribution is 6.08. The van der Waals surface area contributed by atoms with Crippen LogP contribution in [0.4, 0.5) is 11.5 Å². The maximum Gasteiger partial charge on any atom is 0.237 e. The lowest BCUT2D eigenvalue weighted by Crippen LogP contribution is -2.22. The Balaban J connectivity index is 1.76. The summed E-state index contributed by atoms with van der Waals surface area (Å²) in [6, 6.07) is 15.7. The van der Waals surface area contributed by atoms with Gasteiger partial charge in [-0.25, -0.2) is 9.97 Å². The summed E-state index contributed by atoms with van der Waals surface area (Å²) < 4.78 is 0. The number of amides is 1. The number of para-hydroxylation sites is 1. The Morgan fingerprint density at radius 2 is 1.76 bits per heavy atom. The quantitative estimate of drug-likeness (QED) is 0.583. The molecule has 0 aliphatic carbocycles. The summed E-state index contributed by atoms with van der Waals surface area (Å²) in [7, 11) is 0. The Hall–Kier alpha value is -3.94. The molecule has 1 amide bonds. The molecule has 142 valence electrons. The van der Waals surface area contributed by atoms with Crippen LogP contribution < -0.4 is 4.90 Å². The van der Waals surface area contributed by atoms with Gasteiger partial charge in [0, 0.05) is 11.1 Å². The third-order valence-corrected chi connectivity index (χ3v) is 5.00. The third-order valence-electron chi connectivity index (χ3n) is 5.00. The number of fused-ring (bicyclic) bond motifs is 1. The number of carbonyl (C=O) groups excluding carboxylic acids is 1. The molecule has 0 saturated carbocycles. The first-order chi connectivity index (χ1) is 14.1. The minimum atomic E-state index is -0.0607. The highest BCUT2D eigenvalue weighted by Crippen LogP contribution is 2.40. The average Bonchev–Trinajstić information content (AvgIpc) is 3.36. The van der Waals surface area contributed by atoms with Crippen LogP contribution in [-0.4, -0.2) is 36.5 Å². The predicted octanol–water partition coefficient (Wildman–Crippen LogP) is 3.16. The van der Waals surface area contributed by atoms with Crippen molar-refractivity contribution < 1.29 is 4.79 Å². The normalized spacial score (nSPS) is 13.0. The maximum atomic E-state index is 13.0. The number of rotatable bonds is 3. The second-order valence-corrected chi connectivity index (χ2v) is 6.99. The molecule has 2 aromatic heterocycles. The number of aromatic amines is 1. The van der Waals surface area contributed by atoms with Gasteiger partial charge in [-0.3, -0.25) is 9.69 Å². The molecule has 0 unspecified atom stereocenters. The summed E-state index contributed by atoms with van der Waals surface area (Å²) in [6.07, 6.45) is 0.182. The summed E-state index contributed by atoms with van der Waals surface area (Å²) in [5, 5.41) is 14.3. The lowest BCUT2D eigenvalue weighted by Gasteiger charge is -2.19. The predicted molar refractivity (Wildman–Crippen MR) is 107 cm³/mol. The first-order valence-electron chi connectivity index (χ1n) is 9.22. The maximum absolute atomic E-state index is 13.0. The highest BCUT2D eigenvalue weighted by Gasteiger charge is 2.35. The van der Waals surface area contributed by atoms with Crippen molar-refractivity contribution in [2.75, 3.05) is 4.90 Å². The van der Waals surface area contributed by atoms with Crippen LogP contribution in [-0.2, 0) is 11.2 Å². The van der Waals surface area contributed by atoms with Crippen molar-refractivity contribution in [1.29, 1.82) is 0 Å². The number of nitrogens with zero attached hydrogens (tertiary/aromatic N) is 6. The van der Waals surface area contributed by atoms with Gasteiger partial charge in [0.05, 0.1) is 12.1 Å². The summed E-state index contributed by atoms with van der Waals surface area (Å²) in [4.78, 5) is 24.1. The van der Waals surface area contributed by atoms with Gasteiger partial charge in [0.25, 0.3) is 0 Å². The summed E-state index contributed by atoms with van der Waals surface area (Å²) in [5.74, 6) is 1.36. The van der Waals surface area contributed by atoms with Crippen molar-refractivity contribution in [2.45, 2.75) is 20.3 Å². The van der Waals surface area contributed by atoms with E-state index >= 15 is 0 Å². The molecule has 0 radical (unpaired) electrons. The van der Waals surface area contributed by atoms with Crippen LogP contribution in [0.5, 0.6) is 0 Å². The molecule has 0 spiro atoms. The zero-order valence-corrected chi connectivity index (χ0v) is 15.9. The second kappa shape index (κ2) is 6.59. The van der Waals surface area contributed by atoms with Gasteiger partial charge in [0.1, 0.15) is 11.5 Å². The van der Waals surface area contributed by atoms with Crippen molar-refractivity contribution in [1.82, 2.24) is 30.6 Å². The molecule has 29 heavy (non-hydrogen) atoms. The van der Waals surface area contributed by atoms with E-state index in [1.807, 2.05) is 62.4 Å². The summed E-state index contributed by atoms with van der Waals surface area (Å²) in [6.45, 7) is 4.00. The SMILES string of the molecule is Cc1ccc(-c2nc(-c3nn[nH]n3)c3c(n2)N(c2ccccc2C)C(=O)C3)cc1. The number of carbonyl (C=O) groups is 1. The number of anilines is 2. The Morgan fingerprint density at radius 3 is 2.48 bits per heavy atom. The molecular formula is C21H17N7O. The van der Waals surface area contributed by atoms with Gasteiger partial charge < -0.3 is 0 Å². The minimum Gasteiger partial charge on any atom is -0.274 e. The number of H-pyrrole nitrogens is 1. The monoisotopic (exact) mass is 383 g/mol. The van der Waals surface area contributed by atoms with Crippen molar-refractivity contribution in [3.63, 3.8) is 0 Å². The fourth-order valence-electron chi connectivity index (χ4n) is 3.51. The van der Waals surface area contributed by atoms with Crippen molar-refractivity contribution in [3.8, 4) is 22.9 Å². The first kappa shape index (κ1) is 17.2. The Morgan fingerprint density at radius 1 is 0.966 bits per heavy atom. The van der Waals surface area contributed by atoms with E-state index in [9.17, 15) is 4.79 Å². The van der Waals surface area contributed by atoms with Crippen LogP contribution in [0, 0.1) is 13.8 Å². The van der Waals surface area contributed by atoms with E-state index in [0.717, 1.165) is 22.4 Å². The van der Waals surface area contributed by atoms with E-state index in [1.54, 1.807) is 4.90 Å². The van der Waals surface area contributed by atoms with E-state index in [-0.39, 0.29) is 12.3 Å². The van der Waals surface area contributed by atoms with Crippen molar-refractivity contribution >= 4 is 17.4 Å². The lowest BCUT2D eigenvalue weighted by atomic mass is 10.1. The topological polar surface area (TPSA) is 101 Å². The van der Waals surface area contributed by atoms with Gasteiger partial charge in [-0.1, -0.05) is 48.0 Å². The molecule has 5 rings (SSSR count). The highest BCUT2D eigenvalue weighted by atomic mass is 16.2.